The van der Waals surface area contributed by atoms with Crippen LogP contribution in [0.25, 0.3) is 0 Å². The molecule has 1 aromatic carbocycles. The number of nitrogens with zero attached hydrogens (tertiary/aromatic N) is 1. The Morgan fingerprint density at radius 3 is 2.23 bits per heavy atom. The highest BCUT2D eigenvalue weighted by Crippen LogP contribution is 2.16. The Labute approximate surface area is 133 Å². The zero-order valence-corrected chi connectivity index (χ0v) is 15.3. The van der Waals surface area contributed by atoms with Gasteiger partial charge in [-0.15, -0.1) is 0 Å². The van der Waals surface area contributed by atoms with Crippen LogP contribution < -0.4 is 4.72 Å². The maximum absolute atomic E-state index is 12.3. The SMILES string of the molecule is Cc1ccc(C)c(S(=O)(=O)NCCN(C(C)C)S(C)(=O)=O)c1. The van der Waals surface area contributed by atoms with Crippen LogP contribution in [0.3, 0.4) is 0 Å². The molecule has 0 bridgehead atoms. The second-order valence-electron chi connectivity index (χ2n) is 5.63. The molecule has 0 spiro atoms. The van der Waals surface area contributed by atoms with Crippen molar-refractivity contribution in [2.24, 2.45) is 0 Å². The van der Waals surface area contributed by atoms with Crippen LogP contribution in [-0.4, -0.2) is 46.5 Å². The van der Waals surface area contributed by atoms with Gasteiger partial charge in [-0.3, -0.25) is 0 Å². The number of rotatable bonds is 7. The molecule has 0 atom stereocenters. The fraction of sp³-hybridized carbons (Fsp3) is 0.571. The maximum Gasteiger partial charge on any atom is 0.240 e. The van der Waals surface area contributed by atoms with Crippen molar-refractivity contribution in [3.05, 3.63) is 29.3 Å². The van der Waals surface area contributed by atoms with E-state index in [0.29, 0.717) is 5.56 Å². The van der Waals surface area contributed by atoms with E-state index < -0.39 is 20.0 Å². The van der Waals surface area contributed by atoms with E-state index in [9.17, 15) is 16.8 Å². The van der Waals surface area contributed by atoms with Crippen molar-refractivity contribution in [1.29, 1.82) is 0 Å². The van der Waals surface area contributed by atoms with Gasteiger partial charge in [0, 0.05) is 19.1 Å². The Bertz CT molecular complexity index is 725. The zero-order chi connectivity index (χ0) is 17.1. The van der Waals surface area contributed by atoms with Crippen LogP contribution in [-0.2, 0) is 20.0 Å². The van der Waals surface area contributed by atoms with E-state index >= 15 is 0 Å². The average Bonchev–Trinajstić information content (AvgIpc) is 2.35. The first-order chi connectivity index (χ1) is 9.95. The predicted molar refractivity (Wildman–Crippen MR) is 87.8 cm³/mol. The Balaban J connectivity index is 2.85. The molecule has 8 heteroatoms. The van der Waals surface area contributed by atoms with Crippen LogP contribution >= 0.6 is 0 Å². The molecule has 0 unspecified atom stereocenters. The number of aryl methyl sites for hydroxylation is 2. The molecule has 0 radical (unpaired) electrons. The molecule has 0 aliphatic rings. The highest BCUT2D eigenvalue weighted by molar-refractivity contribution is 7.89. The van der Waals surface area contributed by atoms with Crippen LogP contribution in [0.1, 0.15) is 25.0 Å². The predicted octanol–water partition coefficient (Wildman–Crippen LogP) is 1.25. The van der Waals surface area contributed by atoms with Gasteiger partial charge >= 0.3 is 0 Å². The van der Waals surface area contributed by atoms with Gasteiger partial charge in [0.1, 0.15) is 0 Å². The lowest BCUT2D eigenvalue weighted by molar-refractivity contribution is 0.360. The van der Waals surface area contributed by atoms with E-state index in [0.717, 1.165) is 11.8 Å². The Hall–Kier alpha value is -0.960. The second-order valence-corrected chi connectivity index (χ2v) is 9.30. The summed E-state index contributed by atoms with van der Waals surface area (Å²) in [5, 5.41) is 0. The molecule has 0 aliphatic carbocycles. The van der Waals surface area contributed by atoms with Crippen molar-refractivity contribution in [2.45, 2.75) is 38.6 Å². The molecule has 0 amide bonds. The van der Waals surface area contributed by atoms with Gasteiger partial charge in [-0.1, -0.05) is 12.1 Å². The van der Waals surface area contributed by atoms with Crippen LogP contribution in [0.4, 0.5) is 0 Å². The Kier molecular flexibility index (Phi) is 6.14. The zero-order valence-electron chi connectivity index (χ0n) is 13.6. The van der Waals surface area contributed by atoms with Gasteiger partial charge in [0.05, 0.1) is 11.2 Å². The summed E-state index contributed by atoms with van der Waals surface area (Å²) in [6.07, 6.45) is 1.12. The van der Waals surface area contributed by atoms with Gasteiger partial charge in [0.15, 0.2) is 0 Å². The second kappa shape index (κ2) is 7.08. The van der Waals surface area contributed by atoms with Crippen molar-refractivity contribution >= 4 is 20.0 Å². The van der Waals surface area contributed by atoms with Crippen LogP contribution in [0.15, 0.2) is 23.1 Å². The number of sulfonamides is 2. The summed E-state index contributed by atoms with van der Waals surface area (Å²) in [6, 6.07) is 4.98. The van der Waals surface area contributed by atoms with E-state index in [1.807, 2.05) is 13.0 Å². The Morgan fingerprint density at radius 2 is 1.73 bits per heavy atom. The van der Waals surface area contributed by atoms with Crippen molar-refractivity contribution in [2.75, 3.05) is 19.3 Å². The van der Waals surface area contributed by atoms with Crippen molar-refractivity contribution in [3.63, 3.8) is 0 Å². The van der Waals surface area contributed by atoms with Crippen molar-refractivity contribution in [1.82, 2.24) is 9.03 Å². The molecule has 1 rings (SSSR count). The molecular formula is C14H24N2O4S2. The Morgan fingerprint density at radius 1 is 1.14 bits per heavy atom. The van der Waals surface area contributed by atoms with E-state index in [1.165, 1.54) is 4.31 Å². The fourth-order valence-corrected chi connectivity index (χ4v) is 4.71. The smallest absolute Gasteiger partial charge is 0.212 e. The lowest BCUT2D eigenvalue weighted by Crippen LogP contribution is -2.41. The third kappa shape index (κ3) is 5.05. The van der Waals surface area contributed by atoms with Gasteiger partial charge in [0.2, 0.25) is 20.0 Å². The summed E-state index contributed by atoms with van der Waals surface area (Å²) in [5.74, 6) is 0. The summed E-state index contributed by atoms with van der Waals surface area (Å²) in [5.41, 5.74) is 1.51. The van der Waals surface area contributed by atoms with E-state index in [1.54, 1.807) is 32.9 Å². The van der Waals surface area contributed by atoms with Crippen molar-refractivity contribution in [3.8, 4) is 0 Å². The summed E-state index contributed by atoms with van der Waals surface area (Å²) < 4.78 is 51.7. The molecule has 22 heavy (non-hydrogen) atoms. The molecule has 6 nitrogen and oxygen atoms in total. The summed E-state index contributed by atoms with van der Waals surface area (Å²) in [4.78, 5) is 0.225. The number of hydrogen-bond acceptors (Lipinski definition) is 4. The molecule has 1 N–H and O–H groups in total. The standard InChI is InChI=1S/C14H24N2O4S2/c1-11(2)16(21(5,17)18)9-8-15-22(19,20)14-10-12(3)6-7-13(14)4/h6-7,10-11,15H,8-9H2,1-5H3. The minimum atomic E-state index is -3.65. The highest BCUT2D eigenvalue weighted by Gasteiger charge is 2.22. The first-order valence-corrected chi connectivity index (χ1v) is 10.3. The lowest BCUT2D eigenvalue weighted by Gasteiger charge is -2.24. The highest BCUT2D eigenvalue weighted by atomic mass is 32.2. The molecular weight excluding hydrogens is 324 g/mol. The third-order valence-electron chi connectivity index (χ3n) is 3.26. The lowest BCUT2D eigenvalue weighted by atomic mass is 10.2. The van der Waals surface area contributed by atoms with Gasteiger partial charge in [0.25, 0.3) is 0 Å². The van der Waals surface area contributed by atoms with Crippen LogP contribution in [0.2, 0.25) is 0 Å². The normalized spacial score (nSPS) is 13.0. The summed E-state index contributed by atoms with van der Waals surface area (Å²) >= 11 is 0. The van der Waals surface area contributed by atoms with Gasteiger partial charge in [-0.2, -0.15) is 4.31 Å². The maximum atomic E-state index is 12.3. The average molecular weight is 348 g/mol. The first kappa shape index (κ1) is 19.1. The van der Waals surface area contributed by atoms with Gasteiger partial charge in [-0.05, 0) is 44.9 Å². The molecule has 0 saturated heterocycles. The molecule has 0 saturated carbocycles. The minimum absolute atomic E-state index is 0.0287. The van der Waals surface area contributed by atoms with Crippen LogP contribution in [0.5, 0.6) is 0 Å². The van der Waals surface area contributed by atoms with Crippen molar-refractivity contribution < 1.29 is 16.8 Å². The molecule has 126 valence electrons. The third-order valence-corrected chi connectivity index (χ3v) is 6.32. The van der Waals surface area contributed by atoms with E-state index in [-0.39, 0.29) is 24.0 Å². The van der Waals surface area contributed by atoms with Gasteiger partial charge in [-0.25, -0.2) is 21.6 Å². The summed E-state index contributed by atoms with van der Waals surface area (Å²) in [6.45, 7) is 7.18. The quantitative estimate of drug-likeness (QED) is 0.804. The van der Waals surface area contributed by atoms with E-state index in [4.69, 9.17) is 0 Å². The first-order valence-electron chi connectivity index (χ1n) is 6.99. The monoisotopic (exact) mass is 348 g/mol. The molecule has 0 aromatic heterocycles. The molecule has 0 aliphatic heterocycles. The van der Waals surface area contributed by atoms with E-state index in [2.05, 4.69) is 4.72 Å². The fourth-order valence-electron chi connectivity index (χ4n) is 2.17. The largest absolute Gasteiger partial charge is 0.240 e. The number of benzene rings is 1. The molecule has 1 aromatic rings. The minimum Gasteiger partial charge on any atom is -0.212 e. The summed E-state index contributed by atoms with van der Waals surface area (Å²) in [7, 11) is -7.01. The topological polar surface area (TPSA) is 83.6 Å². The number of hydrogen-bond donors (Lipinski definition) is 1. The number of nitrogens with one attached hydrogen (secondary N) is 1. The van der Waals surface area contributed by atoms with Gasteiger partial charge < -0.3 is 0 Å². The molecule has 0 heterocycles. The molecule has 0 fully saturated rings. The van der Waals surface area contributed by atoms with Crippen LogP contribution in [0, 0.1) is 13.8 Å².